The smallest absolute Gasteiger partial charge is 0.415 e. The number of fused-ring (bicyclic) bond motifs is 1. The average molecular weight is 465 g/mol. The molecule has 0 spiro atoms. The van der Waals surface area contributed by atoms with E-state index in [0.717, 1.165) is 34.3 Å². The van der Waals surface area contributed by atoms with Crippen LogP contribution in [0.15, 0.2) is 66.9 Å². The van der Waals surface area contributed by atoms with Gasteiger partial charge in [-0.1, -0.05) is 18.2 Å². The van der Waals surface area contributed by atoms with E-state index in [9.17, 15) is 13.6 Å². The molecule has 0 aliphatic rings. The predicted octanol–water partition coefficient (Wildman–Crippen LogP) is 6.48. The largest absolute Gasteiger partial charge is 0.497 e. The predicted molar refractivity (Wildman–Crippen MR) is 128 cm³/mol. The second kappa shape index (κ2) is 9.95. The molecule has 0 atom stereocenters. The maximum Gasteiger partial charge on any atom is 0.415 e. The van der Waals surface area contributed by atoms with Crippen molar-refractivity contribution in [1.82, 2.24) is 9.47 Å². The van der Waals surface area contributed by atoms with E-state index in [2.05, 4.69) is 4.57 Å². The topological polar surface area (TPSA) is 43.7 Å². The van der Waals surface area contributed by atoms with Gasteiger partial charge in [-0.05, 0) is 67.4 Å². The van der Waals surface area contributed by atoms with Gasteiger partial charge in [0.05, 0.1) is 7.11 Å². The fraction of sp³-hybridized carbons (Fsp3) is 0.222. The number of methoxy groups -OCH3 is 1. The lowest BCUT2D eigenvalue weighted by atomic mass is 10.00. The van der Waals surface area contributed by atoms with Crippen LogP contribution in [0.2, 0.25) is 0 Å². The van der Waals surface area contributed by atoms with Crippen LogP contribution in [0.25, 0.3) is 22.0 Å². The van der Waals surface area contributed by atoms with Gasteiger partial charge in [-0.2, -0.15) is 0 Å². The molecule has 0 fully saturated rings. The van der Waals surface area contributed by atoms with Crippen LogP contribution >= 0.6 is 0 Å². The lowest BCUT2D eigenvalue weighted by Crippen LogP contribution is -2.33. The van der Waals surface area contributed by atoms with Crippen molar-refractivity contribution in [2.24, 2.45) is 0 Å². The summed E-state index contributed by atoms with van der Waals surface area (Å²) in [5.74, 6) is -0.832. The number of benzene rings is 3. The molecule has 1 amide bonds. The van der Waals surface area contributed by atoms with Gasteiger partial charge in [-0.25, -0.2) is 13.6 Å². The van der Waals surface area contributed by atoms with Crippen LogP contribution in [0.1, 0.15) is 19.4 Å². The number of nitrogens with zero attached hydrogens (tertiary/aromatic N) is 2. The highest BCUT2D eigenvalue weighted by molar-refractivity contribution is 5.99. The highest BCUT2D eigenvalue weighted by atomic mass is 19.2. The normalized spacial score (nSPS) is 11.0. The van der Waals surface area contributed by atoms with Crippen LogP contribution in [-0.4, -0.2) is 35.8 Å². The van der Waals surface area contributed by atoms with E-state index >= 15 is 0 Å². The standard InChI is InChI=1S/C27H26F2N2O3/c1-4-30(5-2)27(32)34-25-13-12-24-21(26(25)19-8-11-22(28)23(29)16-19)14-15-31(24)17-18-6-9-20(33-3)10-7-18/h6-16H,4-5,17H2,1-3H3. The van der Waals surface area contributed by atoms with E-state index in [-0.39, 0.29) is 5.75 Å². The number of rotatable bonds is 7. The van der Waals surface area contributed by atoms with Crippen LogP contribution in [0.5, 0.6) is 11.5 Å². The Morgan fingerprint density at radius 2 is 1.68 bits per heavy atom. The summed E-state index contributed by atoms with van der Waals surface area (Å²) in [6.45, 7) is 5.32. The van der Waals surface area contributed by atoms with Crippen LogP contribution in [-0.2, 0) is 6.54 Å². The van der Waals surface area contributed by atoms with Crippen LogP contribution in [0.4, 0.5) is 13.6 Å². The van der Waals surface area contributed by atoms with Crippen molar-refractivity contribution >= 4 is 17.0 Å². The van der Waals surface area contributed by atoms with Gasteiger partial charge in [0, 0.05) is 42.3 Å². The molecule has 0 unspecified atom stereocenters. The third kappa shape index (κ3) is 4.59. The summed E-state index contributed by atoms with van der Waals surface area (Å²) < 4.78 is 40.8. The molecule has 176 valence electrons. The molecule has 0 bridgehead atoms. The number of amides is 1. The van der Waals surface area contributed by atoms with E-state index in [1.165, 1.54) is 6.07 Å². The van der Waals surface area contributed by atoms with Crippen LogP contribution in [0, 0.1) is 11.6 Å². The Hall–Kier alpha value is -3.87. The molecular weight excluding hydrogens is 438 g/mol. The first-order chi connectivity index (χ1) is 16.4. The van der Waals surface area contributed by atoms with E-state index in [0.29, 0.717) is 30.8 Å². The zero-order valence-corrected chi connectivity index (χ0v) is 19.3. The van der Waals surface area contributed by atoms with Gasteiger partial charge in [0.2, 0.25) is 0 Å². The molecule has 0 aliphatic carbocycles. The van der Waals surface area contributed by atoms with Crippen LogP contribution in [0.3, 0.4) is 0 Å². The first kappa shape index (κ1) is 23.3. The Morgan fingerprint density at radius 3 is 2.32 bits per heavy atom. The van der Waals surface area contributed by atoms with E-state index in [1.807, 2.05) is 56.4 Å². The molecule has 34 heavy (non-hydrogen) atoms. The minimum absolute atomic E-state index is 0.289. The van der Waals surface area contributed by atoms with Gasteiger partial charge in [-0.3, -0.25) is 0 Å². The number of ether oxygens (including phenoxy) is 2. The van der Waals surface area contributed by atoms with E-state index in [4.69, 9.17) is 9.47 Å². The van der Waals surface area contributed by atoms with E-state index in [1.54, 1.807) is 18.1 Å². The monoisotopic (exact) mass is 464 g/mol. The van der Waals surface area contributed by atoms with Crippen molar-refractivity contribution in [3.8, 4) is 22.6 Å². The van der Waals surface area contributed by atoms with Crippen molar-refractivity contribution in [2.75, 3.05) is 20.2 Å². The number of hydrogen-bond donors (Lipinski definition) is 0. The summed E-state index contributed by atoms with van der Waals surface area (Å²) in [5.41, 5.74) is 2.90. The first-order valence-corrected chi connectivity index (χ1v) is 11.1. The molecule has 1 heterocycles. The minimum Gasteiger partial charge on any atom is -0.497 e. The summed E-state index contributed by atoms with van der Waals surface area (Å²) in [4.78, 5) is 14.2. The lowest BCUT2D eigenvalue weighted by molar-refractivity contribution is 0.157. The maximum atomic E-state index is 14.1. The molecule has 0 saturated heterocycles. The zero-order valence-electron chi connectivity index (χ0n) is 19.3. The number of halogens is 2. The Kier molecular flexibility index (Phi) is 6.82. The average Bonchev–Trinajstić information content (AvgIpc) is 3.24. The molecular formula is C27H26F2N2O3. The Bertz CT molecular complexity index is 1310. The fourth-order valence-corrected chi connectivity index (χ4v) is 3.99. The van der Waals surface area contributed by atoms with Gasteiger partial charge in [-0.15, -0.1) is 0 Å². The Morgan fingerprint density at radius 1 is 0.941 bits per heavy atom. The molecule has 0 saturated carbocycles. The van der Waals surface area contributed by atoms with Gasteiger partial charge >= 0.3 is 6.09 Å². The van der Waals surface area contributed by atoms with Gasteiger partial charge < -0.3 is 18.9 Å². The highest BCUT2D eigenvalue weighted by Gasteiger charge is 2.20. The summed E-state index contributed by atoms with van der Waals surface area (Å²) in [5, 5.41) is 0.768. The molecule has 0 N–H and O–H groups in total. The SMILES string of the molecule is CCN(CC)C(=O)Oc1ccc2c(ccn2Cc2ccc(OC)cc2)c1-c1ccc(F)c(F)c1. The summed E-state index contributed by atoms with van der Waals surface area (Å²) in [6, 6.07) is 16.9. The minimum atomic E-state index is -0.965. The van der Waals surface area contributed by atoms with Crippen molar-refractivity contribution in [3.63, 3.8) is 0 Å². The third-order valence-electron chi connectivity index (χ3n) is 5.85. The van der Waals surface area contributed by atoms with Crippen LogP contribution < -0.4 is 9.47 Å². The molecule has 7 heteroatoms. The summed E-state index contributed by atoms with van der Waals surface area (Å²) in [7, 11) is 1.62. The molecule has 0 aliphatic heterocycles. The highest BCUT2D eigenvalue weighted by Crippen LogP contribution is 2.38. The maximum absolute atomic E-state index is 14.1. The molecule has 1 aromatic heterocycles. The summed E-state index contributed by atoms with van der Waals surface area (Å²) >= 11 is 0. The molecule has 5 nitrogen and oxygen atoms in total. The number of aromatic nitrogens is 1. The Labute approximate surface area is 197 Å². The van der Waals surface area contributed by atoms with Gasteiger partial charge in [0.15, 0.2) is 11.6 Å². The van der Waals surface area contributed by atoms with Gasteiger partial charge in [0.1, 0.15) is 11.5 Å². The van der Waals surface area contributed by atoms with Crippen molar-refractivity contribution in [2.45, 2.75) is 20.4 Å². The van der Waals surface area contributed by atoms with E-state index < -0.39 is 17.7 Å². The third-order valence-corrected chi connectivity index (χ3v) is 5.85. The summed E-state index contributed by atoms with van der Waals surface area (Å²) in [6.07, 6.45) is 1.43. The second-order valence-corrected chi connectivity index (χ2v) is 7.83. The van der Waals surface area contributed by atoms with Crippen molar-refractivity contribution in [1.29, 1.82) is 0 Å². The lowest BCUT2D eigenvalue weighted by Gasteiger charge is -2.20. The number of hydrogen-bond acceptors (Lipinski definition) is 3. The Balaban J connectivity index is 1.80. The fourth-order valence-electron chi connectivity index (χ4n) is 3.99. The van der Waals surface area contributed by atoms with Crippen molar-refractivity contribution in [3.05, 3.63) is 84.1 Å². The molecule has 0 radical (unpaired) electrons. The quantitative estimate of drug-likeness (QED) is 0.314. The zero-order chi connectivity index (χ0) is 24.2. The first-order valence-electron chi connectivity index (χ1n) is 11.1. The molecule has 4 aromatic rings. The second-order valence-electron chi connectivity index (χ2n) is 7.83. The molecule has 3 aromatic carbocycles. The number of carbonyl (C=O) groups excluding carboxylic acids is 1. The molecule has 4 rings (SSSR count). The number of carbonyl (C=O) groups is 1. The van der Waals surface area contributed by atoms with Gasteiger partial charge in [0.25, 0.3) is 0 Å². The van der Waals surface area contributed by atoms with Crippen molar-refractivity contribution < 1.29 is 23.0 Å².